The Bertz CT molecular complexity index is 466. The molecule has 2 rings (SSSR count). The third-order valence-corrected chi connectivity index (χ3v) is 3.91. The summed E-state index contributed by atoms with van der Waals surface area (Å²) in [6, 6.07) is 21.0. The minimum atomic E-state index is 0.791. The molecule has 0 atom stereocenters. The van der Waals surface area contributed by atoms with Crippen molar-refractivity contribution in [2.75, 3.05) is 26.3 Å². The van der Waals surface area contributed by atoms with E-state index in [0.717, 1.165) is 45.8 Å². The zero-order chi connectivity index (χ0) is 16.7. The van der Waals surface area contributed by atoms with Gasteiger partial charge in [-0.25, -0.2) is 0 Å². The zero-order valence-corrected chi connectivity index (χ0v) is 14.5. The van der Waals surface area contributed by atoms with Crippen molar-refractivity contribution in [1.82, 2.24) is 10.6 Å². The van der Waals surface area contributed by atoms with Gasteiger partial charge in [-0.3, -0.25) is 0 Å². The molecule has 0 unspecified atom stereocenters. The number of rotatable bonds is 13. The Morgan fingerprint density at radius 1 is 0.583 bits per heavy atom. The highest BCUT2D eigenvalue weighted by atomic mass is 16.5. The first-order valence-electron chi connectivity index (χ1n) is 9.02. The summed E-state index contributed by atoms with van der Waals surface area (Å²) in [5, 5.41) is 6.89. The fourth-order valence-corrected chi connectivity index (χ4v) is 2.53. The number of ether oxygens (including phenoxy) is 1. The highest BCUT2D eigenvalue weighted by Crippen LogP contribution is 1.99. The Morgan fingerprint density at radius 2 is 1.17 bits per heavy atom. The van der Waals surface area contributed by atoms with Crippen LogP contribution in [0, 0.1) is 0 Å². The van der Waals surface area contributed by atoms with Gasteiger partial charge in [-0.1, -0.05) is 60.7 Å². The Kier molecular flexibility index (Phi) is 9.88. The van der Waals surface area contributed by atoms with E-state index in [1.54, 1.807) is 0 Å². The molecule has 0 saturated carbocycles. The first-order valence-corrected chi connectivity index (χ1v) is 9.02. The van der Waals surface area contributed by atoms with Gasteiger partial charge in [0, 0.05) is 26.2 Å². The van der Waals surface area contributed by atoms with Gasteiger partial charge in [0.15, 0.2) is 0 Å². The molecule has 0 aliphatic rings. The van der Waals surface area contributed by atoms with Gasteiger partial charge in [0.2, 0.25) is 0 Å². The zero-order valence-electron chi connectivity index (χ0n) is 14.5. The first-order chi connectivity index (χ1) is 11.9. The maximum absolute atomic E-state index is 5.66. The van der Waals surface area contributed by atoms with Gasteiger partial charge in [0.05, 0.1) is 6.61 Å². The van der Waals surface area contributed by atoms with Gasteiger partial charge in [-0.15, -0.1) is 0 Å². The summed E-state index contributed by atoms with van der Waals surface area (Å²) in [5.74, 6) is 0. The molecule has 0 heterocycles. The third kappa shape index (κ3) is 8.82. The molecule has 0 aliphatic carbocycles. The predicted molar refractivity (Wildman–Crippen MR) is 101 cm³/mol. The smallest absolute Gasteiger partial charge is 0.0591 e. The molecule has 2 aromatic carbocycles. The molecule has 2 N–H and O–H groups in total. The van der Waals surface area contributed by atoms with Crippen molar-refractivity contribution in [2.24, 2.45) is 0 Å². The van der Waals surface area contributed by atoms with Crippen LogP contribution in [-0.2, 0) is 17.8 Å². The minimum absolute atomic E-state index is 0.791. The van der Waals surface area contributed by atoms with Crippen molar-refractivity contribution < 1.29 is 4.74 Å². The van der Waals surface area contributed by atoms with Crippen molar-refractivity contribution in [3.8, 4) is 0 Å². The molecule has 0 saturated heterocycles. The molecule has 2 aromatic rings. The minimum Gasteiger partial charge on any atom is -0.380 e. The number of unbranched alkanes of at least 4 members (excludes halogenated alkanes) is 2. The SMILES string of the molecule is c1ccc(CNCCCCCOCCNCc2ccccc2)cc1. The maximum Gasteiger partial charge on any atom is 0.0591 e. The lowest BCUT2D eigenvalue weighted by Gasteiger charge is -2.07. The molecule has 0 amide bonds. The molecule has 0 aromatic heterocycles. The topological polar surface area (TPSA) is 33.3 Å². The van der Waals surface area contributed by atoms with E-state index in [-0.39, 0.29) is 0 Å². The second-order valence-electron chi connectivity index (χ2n) is 6.00. The summed E-state index contributed by atoms with van der Waals surface area (Å²) < 4.78 is 5.66. The van der Waals surface area contributed by atoms with Crippen LogP contribution in [0.2, 0.25) is 0 Å². The molecule has 0 radical (unpaired) electrons. The van der Waals surface area contributed by atoms with E-state index in [4.69, 9.17) is 4.74 Å². The number of nitrogens with one attached hydrogen (secondary N) is 2. The largest absolute Gasteiger partial charge is 0.380 e. The fraction of sp³-hybridized carbons (Fsp3) is 0.429. The average Bonchev–Trinajstić information content (AvgIpc) is 2.64. The molecule has 3 heteroatoms. The van der Waals surface area contributed by atoms with Gasteiger partial charge < -0.3 is 15.4 Å². The number of hydrogen-bond acceptors (Lipinski definition) is 3. The van der Waals surface area contributed by atoms with Crippen LogP contribution in [0.4, 0.5) is 0 Å². The van der Waals surface area contributed by atoms with Gasteiger partial charge in [0.25, 0.3) is 0 Å². The lowest BCUT2D eigenvalue weighted by atomic mass is 10.2. The van der Waals surface area contributed by atoms with Crippen molar-refractivity contribution in [3.63, 3.8) is 0 Å². The summed E-state index contributed by atoms with van der Waals surface area (Å²) in [6.45, 7) is 5.52. The summed E-state index contributed by atoms with van der Waals surface area (Å²) in [4.78, 5) is 0. The standard InChI is InChI=1S/C21H30N2O/c1-4-10-20(11-5-1)18-22-14-8-3-9-16-24-17-15-23-19-21-12-6-2-7-13-21/h1-2,4-7,10-13,22-23H,3,8-9,14-19H2. The van der Waals surface area contributed by atoms with Gasteiger partial charge >= 0.3 is 0 Å². The van der Waals surface area contributed by atoms with Crippen LogP contribution in [0.5, 0.6) is 0 Å². The molecule has 24 heavy (non-hydrogen) atoms. The summed E-state index contributed by atoms with van der Waals surface area (Å²) in [7, 11) is 0. The van der Waals surface area contributed by atoms with Crippen LogP contribution in [-0.4, -0.2) is 26.3 Å². The predicted octanol–water partition coefficient (Wildman–Crippen LogP) is 3.75. The maximum atomic E-state index is 5.66. The Balaban J connectivity index is 1.32. The summed E-state index contributed by atoms with van der Waals surface area (Å²) >= 11 is 0. The Hall–Kier alpha value is -1.68. The van der Waals surface area contributed by atoms with Crippen LogP contribution in [0.3, 0.4) is 0 Å². The quantitative estimate of drug-likeness (QED) is 0.550. The summed E-state index contributed by atoms with van der Waals surface area (Å²) in [5.41, 5.74) is 2.67. The van der Waals surface area contributed by atoms with Crippen molar-refractivity contribution in [1.29, 1.82) is 0 Å². The summed E-state index contributed by atoms with van der Waals surface area (Å²) in [6.07, 6.45) is 3.58. The van der Waals surface area contributed by atoms with E-state index in [1.807, 2.05) is 6.07 Å². The molecule has 0 aliphatic heterocycles. The third-order valence-electron chi connectivity index (χ3n) is 3.91. The Morgan fingerprint density at radius 3 is 1.79 bits per heavy atom. The van der Waals surface area contributed by atoms with Crippen LogP contribution in [0.15, 0.2) is 60.7 Å². The molecule has 3 nitrogen and oxygen atoms in total. The molecular weight excluding hydrogens is 296 g/mol. The molecule has 0 fully saturated rings. The normalized spacial score (nSPS) is 10.8. The van der Waals surface area contributed by atoms with E-state index >= 15 is 0 Å². The van der Waals surface area contributed by atoms with Crippen molar-refractivity contribution >= 4 is 0 Å². The Labute approximate surface area is 146 Å². The van der Waals surface area contributed by atoms with Gasteiger partial charge in [-0.2, -0.15) is 0 Å². The molecule has 130 valence electrons. The molecule has 0 bridgehead atoms. The first kappa shape index (κ1) is 18.7. The van der Waals surface area contributed by atoms with Crippen molar-refractivity contribution in [2.45, 2.75) is 32.4 Å². The van der Waals surface area contributed by atoms with E-state index in [0.29, 0.717) is 0 Å². The van der Waals surface area contributed by atoms with E-state index < -0.39 is 0 Å². The monoisotopic (exact) mass is 326 g/mol. The highest BCUT2D eigenvalue weighted by Gasteiger charge is 1.94. The van der Waals surface area contributed by atoms with E-state index in [1.165, 1.54) is 24.0 Å². The van der Waals surface area contributed by atoms with Crippen molar-refractivity contribution in [3.05, 3.63) is 71.8 Å². The van der Waals surface area contributed by atoms with E-state index in [2.05, 4.69) is 65.2 Å². The fourth-order valence-electron chi connectivity index (χ4n) is 2.53. The van der Waals surface area contributed by atoms with Crippen LogP contribution >= 0.6 is 0 Å². The number of benzene rings is 2. The van der Waals surface area contributed by atoms with Crippen LogP contribution in [0.25, 0.3) is 0 Å². The van der Waals surface area contributed by atoms with E-state index in [9.17, 15) is 0 Å². The van der Waals surface area contributed by atoms with Gasteiger partial charge in [-0.05, 0) is 36.9 Å². The highest BCUT2D eigenvalue weighted by molar-refractivity contribution is 5.14. The van der Waals surface area contributed by atoms with Gasteiger partial charge in [0.1, 0.15) is 0 Å². The van der Waals surface area contributed by atoms with Crippen LogP contribution < -0.4 is 10.6 Å². The lowest BCUT2D eigenvalue weighted by Crippen LogP contribution is -2.19. The molecule has 0 spiro atoms. The number of hydrogen-bond donors (Lipinski definition) is 2. The lowest BCUT2D eigenvalue weighted by molar-refractivity contribution is 0.131. The van der Waals surface area contributed by atoms with Crippen LogP contribution in [0.1, 0.15) is 30.4 Å². The molecular formula is C21H30N2O. The second kappa shape index (κ2) is 12.7. The second-order valence-corrected chi connectivity index (χ2v) is 6.00. The average molecular weight is 326 g/mol.